The van der Waals surface area contributed by atoms with Crippen LogP contribution in [0.5, 0.6) is 0 Å². The normalized spacial score (nSPS) is 14.0. The largest absolute Gasteiger partial charge is 0.409 e. The second kappa shape index (κ2) is 4.57. The van der Waals surface area contributed by atoms with Gasteiger partial charge in [-0.15, -0.1) is 0 Å². The number of rotatable bonds is 3. The molecule has 0 aliphatic heterocycles. The molecule has 1 aromatic rings. The van der Waals surface area contributed by atoms with Gasteiger partial charge in [0, 0.05) is 6.42 Å². The number of nitrogens with zero attached hydrogens (tertiary/aromatic N) is 1. The van der Waals surface area contributed by atoms with Gasteiger partial charge in [-0.3, -0.25) is 0 Å². The van der Waals surface area contributed by atoms with E-state index < -0.39 is 6.10 Å². The number of aliphatic hydroxyl groups excluding tert-OH is 1. The Morgan fingerprint density at radius 1 is 1.43 bits per heavy atom. The van der Waals surface area contributed by atoms with Gasteiger partial charge in [0.15, 0.2) is 0 Å². The van der Waals surface area contributed by atoms with Gasteiger partial charge in [0.2, 0.25) is 0 Å². The summed E-state index contributed by atoms with van der Waals surface area (Å²) in [7, 11) is 0. The van der Waals surface area contributed by atoms with Gasteiger partial charge in [-0.05, 0) is 17.7 Å². The molecule has 4 nitrogen and oxygen atoms in total. The van der Waals surface area contributed by atoms with Crippen LogP contribution in [0.15, 0.2) is 29.4 Å². The third-order valence-corrected chi connectivity index (χ3v) is 1.79. The maximum Gasteiger partial charge on any atom is 0.142 e. The maximum atomic E-state index is 12.5. The molecule has 0 aromatic heterocycles. The highest BCUT2D eigenvalue weighted by atomic mass is 19.1. The Balaban J connectivity index is 2.70. The summed E-state index contributed by atoms with van der Waals surface area (Å²) in [6.45, 7) is 0. The molecule has 5 heteroatoms. The van der Waals surface area contributed by atoms with Crippen LogP contribution in [0.4, 0.5) is 4.39 Å². The predicted octanol–water partition coefficient (Wildman–Crippen LogP) is 0.996. The first-order valence-corrected chi connectivity index (χ1v) is 4.03. The van der Waals surface area contributed by atoms with Crippen molar-refractivity contribution in [3.8, 4) is 0 Å². The molecule has 0 saturated carbocycles. The Morgan fingerprint density at radius 2 is 2.00 bits per heavy atom. The minimum Gasteiger partial charge on any atom is -0.409 e. The number of benzene rings is 1. The second-order valence-electron chi connectivity index (χ2n) is 2.86. The van der Waals surface area contributed by atoms with Crippen LogP contribution in [0.3, 0.4) is 0 Å². The van der Waals surface area contributed by atoms with Crippen molar-refractivity contribution in [3.63, 3.8) is 0 Å². The number of hydrogen-bond donors (Lipinski definition) is 3. The number of aliphatic hydroxyl groups is 1. The molecule has 1 aromatic carbocycles. The van der Waals surface area contributed by atoms with Crippen LogP contribution >= 0.6 is 0 Å². The van der Waals surface area contributed by atoms with Gasteiger partial charge in [-0.25, -0.2) is 4.39 Å². The summed E-state index contributed by atoms with van der Waals surface area (Å²) in [4.78, 5) is 0. The first-order chi connectivity index (χ1) is 6.63. The summed E-state index contributed by atoms with van der Waals surface area (Å²) in [6, 6.07) is 5.38. The van der Waals surface area contributed by atoms with Crippen LogP contribution in [0.25, 0.3) is 0 Å². The minimum atomic E-state index is -0.883. The molecular formula is C9H11FN2O2. The first kappa shape index (κ1) is 10.5. The maximum absolute atomic E-state index is 12.5. The molecule has 0 radical (unpaired) electrons. The fourth-order valence-electron chi connectivity index (χ4n) is 1.04. The average Bonchev–Trinajstić information content (AvgIpc) is 2.18. The number of oxime groups is 1. The lowest BCUT2D eigenvalue weighted by Gasteiger charge is -2.09. The molecule has 0 unspecified atom stereocenters. The Morgan fingerprint density at radius 3 is 2.50 bits per heavy atom. The predicted molar refractivity (Wildman–Crippen MR) is 49.4 cm³/mol. The summed E-state index contributed by atoms with van der Waals surface area (Å²) in [5, 5.41) is 20.5. The Kier molecular flexibility index (Phi) is 3.41. The Labute approximate surface area is 80.5 Å². The molecule has 14 heavy (non-hydrogen) atoms. The van der Waals surface area contributed by atoms with Crippen molar-refractivity contribution in [2.24, 2.45) is 10.9 Å². The topological polar surface area (TPSA) is 78.8 Å². The van der Waals surface area contributed by atoms with Crippen molar-refractivity contribution in [1.29, 1.82) is 0 Å². The minimum absolute atomic E-state index is 0.0160. The van der Waals surface area contributed by atoms with Crippen molar-refractivity contribution in [3.05, 3.63) is 35.6 Å². The quantitative estimate of drug-likeness (QED) is 0.293. The molecule has 1 rings (SSSR count). The molecule has 0 spiro atoms. The highest BCUT2D eigenvalue weighted by Crippen LogP contribution is 2.16. The first-order valence-electron chi connectivity index (χ1n) is 4.03. The van der Waals surface area contributed by atoms with Crippen LogP contribution in [-0.4, -0.2) is 16.1 Å². The number of amidine groups is 1. The van der Waals surface area contributed by atoms with Crippen molar-refractivity contribution < 1.29 is 14.7 Å². The van der Waals surface area contributed by atoms with Gasteiger partial charge in [0.25, 0.3) is 0 Å². The van der Waals surface area contributed by atoms with E-state index in [0.717, 1.165) is 0 Å². The van der Waals surface area contributed by atoms with E-state index in [1.807, 2.05) is 0 Å². The molecule has 1 atom stereocenters. The number of halogens is 1. The van der Waals surface area contributed by atoms with Crippen LogP contribution in [0.1, 0.15) is 18.1 Å². The summed E-state index contributed by atoms with van der Waals surface area (Å²) in [5.74, 6) is -0.438. The van der Waals surface area contributed by atoms with Crippen molar-refractivity contribution in [2.75, 3.05) is 0 Å². The summed E-state index contributed by atoms with van der Waals surface area (Å²) in [6.07, 6.45) is -0.867. The van der Waals surface area contributed by atoms with Crippen LogP contribution in [0, 0.1) is 5.82 Å². The molecule has 0 aliphatic rings. The monoisotopic (exact) mass is 198 g/mol. The highest BCUT2D eigenvalue weighted by Gasteiger charge is 2.09. The van der Waals surface area contributed by atoms with Crippen LogP contribution in [-0.2, 0) is 0 Å². The zero-order chi connectivity index (χ0) is 10.6. The van der Waals surface area contributed by atoms with E-state index in [0.29, 0.717) is 5.56 Å². The van der Waals surface area contributed by atoms with Gasteiger partial charge in [-0.2, -0.15) is 0 Å². The van der Waals surface area contributed by atoms with E-state index in [2.05, 4.69) is 5.16 Å². The summed E-state index contributed by atoms with van der Waals surface area (Å²) in [5.41, 5.74) is 5.73. The molecule has 0 amide bonds. The van der Waals surface area contributed by atoms with Gasteiger partial charge in [0.1, 0.15) is 11.7 Å². The zero-order valence-electron chi connectivity index (χ0n) is 7.39. The lowest BCUT2D eigenvalue weighted by atomic mass is 10.1. The molecule has 0 aliphatic carbocycles. The third-order valence-electron chi connectivity index (χ3n) is 1.79. The summed E-state index contributed by atoms with van der Waals surface area (Å²) < 4.78 is 12.5. The van der Waals surface area contributed by atoms with E-state index in [1.165, 1.54) is 24.3 Å². The van der Waals surface area contributed by atoms with Crippen molar-refractivity contribution in [1.82, 2.24) is 0 Å². The van der Waals surface area contributed by atoms with Gasteiger partial charge in [-0.1, -0.05) is 17.3 Å². The molecule has 4 N–H and O–H groups in total. The van der Waals surface area contributed by atoms with E-state index in [9.17, 15) is 9.50 Å². The smallest absolute Gasteiger partial charge is 0.142 e. The van der Waals surface area contributed by atoms with Crippen molar-refractivity contribution >= 4 is 5.84 Å². The number of hydrogen-bond acceptors (Lipinski definition) is 3. The Bertz CT molecular complexity index is 324. The van der Waals surface area contributed by atoms with Gasteiger partial charge >= 0.3 is 0 Å². The van der Waals surface area contributed by atoms with Crippen molar-refractivity contribution in [2.45, 2.75) is 12.5 Å². The van der Waals surface area contributed by atoms with Crippen LogP contribution in [0.2, 0.25) is 0 Å². The van der Waals surface area contributed by atoms with Crippen LogP contribution < -0.4 is 5.73 Å². The zero-order valence-corrected chi connectivity index (χ0v) is 7.39. The fraction of sp³-hybridized carbons (Fsp3) is 0.222. The van der Waals surface area contributed by atoms with Gasteiger partial charge < -0.3 is 16.0 Å². The molecule has 0 heterocycles. The highest BCUT2D eigenvalue weighted by molar-refractivity contribution is 5.80. The van der Waals surface area contributed by atoms with Gasteiger partial charge in [0.05, 0.1) is 6.10 Å². The van der Waals surface area contributed by atoms with E-state index in [4.69, 9.17) is 10.9 Å². The molecule has 0 bridgehead atoms. The second-order valence-corrected chi connectivity index (χ2v) is 2.86. The lowest BCUT2D eigenvalue weighted by Crippen LogP contribution is -2.15. The fourth-order valence-corrected chi connectivity index (χ4v) is 1.04. The lowest BCUT2D eigenvalue weighted by molar-refractivity contribution is 0.184. The standard InChI is InChI=1S/C9H11FN2O2/c10-7-3-1-6(2-4-7)8(13)5-9(11)12-14/h1-4,8,13-14H,5H2,(H2,11,12)/t8-/m0/s1. The molecular weight excluding hydrogens is 187 g/mol. The molecule has 76 valence electrons. The number of nitrogens with two attached hydrogens (primary N) is 1. The van der Waals surface area contributed by atoms with E-state index in [1.54, 1.807) is 0 Å². The Hall–Kier alpha value is -1.62. The van der Waals surface area contributed by atoms with E-state index in [-0.39, 0.29) is 18.1 Å². The SMILES string of the molecule is NC(C[C@H](O)c1ccc(F)cc1)=NO. The average molecular weight is 198 g/mol. The van der Waals surface area contributed by atoms with E-state index >= 15 is 0 Å². The molecule has 0 saturated heterocycles. The third kappa shape index (κ3) is 2.70. The summed E-state index contributed by atoms with van der Waals surface area (Å²) >= 11 is 0. The molecule has 0 fully saturated rings.